The minimum absolute atomic E-state index is 0.220. The molecule has 0 aromatic carbocycles. The van der Waals surface area contributed by atoms with Crippen LogP contribution in [-0.4, -0.2) is 39.0 Å². The number of ether oxygens (including phenoxy) is 3. The second kappa shape index (κ2) is 6.86. The number of methoxy groups -OCH3 is 1. The number of carbonyl (C=O) groups excluding carboxylic acids is 1. The van der Waals surface area contributed by atoms with E-state index in [0.29, 0.717) is 26.3 Å². The third-order valence-electron chi connectivity index (χ3n) is 1.67. The molecule has 0 aromatic rings. The van der Waals surface area contributed by atoms with Gasteiger partial charge in [-0.15, -0.1) is 0 Å². The van der Waals surface area contributed by atoms with Gasteiger partial charge in [-0.2, -0.15) is 0 Å². The van der Waals surface area contributed by atoms with Crippen LogP contribution in [-0.2, 0) is 19.0 Å². The average Bonchev–Trinajstić information content (AvgIpc) is 2.09. The Hall–Kier alpha value is -0.610. The van der Waals surface area contributed by atoms with Crippen LogP contribution in [0.1, 0.15) is 20.3 Å². The zero-order valence-corrected chi connectivity index (χ0v) is 8.54. The van der Waals surface area contributed by atoms with E-state index in [4.69, 9.17) is 9.47 Å². The second-order valence-electron chi connectivity index (χ2n) is 3.32. The molecule has 0 spiro atoms. The third kappa shape index (κ3) is 7.74. The van der Waals surface area contributed by atoms with Gasteiger partial charge >= 0.3 is 0 Å². The van der Waals surface area contributed by atoms with E-state index >= 15 is 0 Å². The normalized spacial score (nSPS) is 11.3. The van der Waals surface area contributed by atoms with Crippen molar-refractivity contribution in [3.05, 3.63) is 0 Å². The van der Waals surface area contributed by atoms with Crippen molar-refractivity contribution in [2.24, 2.45) is 0 Å². The van der Waals surface area contributed by atoms with Crippen molar-refractivity contribution in [1.82, 2.24) is 0 Å². The van der Waals surface area contributed by atoms with Crippen molar-refractivity contribution in [3.8, 4) is 0 Å². The maximum absolute atomic E-state index is 9.80. The molecule has 0 N–H and O–H groups in total. The Morgan fingerprint density at radius 2 is 1.92 bits per heavy atom. The number of hydrogen-bond acceptors (Lipinski definition) is 4. The monoisotopic (exact) mass is 190 g/mol. The van der Waals surface area contributed by atoms with E-state index in [2.05, 4.69) is 4.74 Å². The molecule has 4 nitrogen and oxygen atoms in total. The van der Waals surface area contributed by atoms with Crippen LogP contribution >= 0.6 is 0 Å². The molecule has 0 saturated carbocycles. The Morgan fingerprint density at radius 1 is 1.23 bits per heavy atom. The quantitative estimate of drug-likeness (QED) is 0.423. The van der Waals surface area contributed by atoms with Gasteiger partial charge in [0.25, 0.3) is 6.47 Å². The summed E-state index contributed by atoms with van der Waals surface area (Å²) in [5.41, 5.74) is -0.220. The molecule has 4 heteroatoms. The van der Waals surface area contributed by atoms with Crippen LogP contribution in [0.2, 0.25) is 0 Å². The van der Waals surface area contributed by atoms with Crippen LogP contribution in [0.3, 0.4) is 0 Å². The summed E-state index contributed by atoms with van der Waals surface area (Å²) in [5, 5.41) is 0. The van der Waals surface area contributed by atoms with Gasteiger partial charge in [0, 0.05) is 13.7 Å². The molecule has 0 fully saturated rings. The highest BCUT2D eigenvalue weighted by molar-refractivity contribution is 5.36. The Balaban J connectivity index is 3.44. The van der Waals surface area contributed by atoms with Gasteiger partial charge in [0.15, 0.2) is 0 Å². The van der Waals surface area contributed by atoms with Crippen molar-refractivity contribution in [1.29, 1.82) is 0 Å². The highest BCUT2D eigenvalue weighted by atomic mass is 16.6. The van der Waals surface area contributed by atoms with E-state index in [1.54, 1.807) is 7.11 Å². The zero-order valence-electron chi connectivity index (χ0n) is 8.54. The fourth-order valence-corrected chi connectivity index (χ4v) is 0.834. The van der Waals surface area contributed by atoms with E-state index < -0.39 is 0 Å². The van der Waals surface area contributed by atoms with Gasteiger partial charge in [-0.1, -0.05) is 0 Å². The van der Waals surface area contributed by atoms with E-state index in [1.807, 2.05) is 13.8 Å². The Labute approximate surface area is 79.2 Å². The minimum atomic E-state index is -0.220. The number of hydrogen-bond donors (Lipinski definition) is 0. The standard InChI is InChI=1S/C9H18O4/c1-9(2,4-5-11-3)13-7-6-12-8-10/h8H,4-7H2,1-3H3. The third-order valence-corrected chi connectivity index (χ3v) is 1.67. The second-order valence-corrected chi connectivity index (χ2v) is 3.32. The molecule has 13 heavy (non-hydrogen) atoms. The van der Waals surface area contributed by atoms with Crippen LogP contribution in [0, 0.1) is 0 Å². The van der Waals surface area contributed by atoms with Gasteiger partial charge in [-0.25, -0.2) is 0 Å². The average molecular weight is 190 g/mol. The summed E-state index contributed by atoms with van der Waals surface area (Å²) in [6, 6.07) is 0. The molecule has 0 aliphatic heterocycles. The maximum atomic E-state index is 9.80. The van der Waals surface area contributed by atoms with E-state index in [0.717, 1.165) is 6.42 Å². The van der Waals surface area contributed by atoms with Crippen molar-refractivity contribution in [3.63, 3.8) is 0 Å². The molecule has 0 heterocycles. The number of carbonyl (C=O) groups is 1. The first-order chi connectivity index (χ1) is 6.12. The Bertz CT molecular complexity index is 134. The van der Waals surface area contributed by atoms with Crippen molar-refractivity contribution in [2.45, 2.75) is 25.9 Å². The summed E-state index contributed by atoms with van der Waals surface area (Å²) in [4.78, 5) is 9.80. The molecular weight excluding hydrogens is 172 g/mol. The lowest BCUT2D eigenvalue weighted by atomic mass is 10.1. The molecule has 0 aromatic heterocycles. The SMILES string of the molecule is COCCC(C)(C)OCCOC=O. The van der Waals surface area contributed by atoms with Crippen LogP contribution < -0.4 is 0 Å². The lowest BCUT2D eigenvalue weighted by Crippen LogP contribution is -2.27. The smallest absolute Gasteiger partial charge is 0.293 e. The van der Waals surface area contributed by atoms with E-state index in [-0.39, 0.29) is 5.60 Å². The molecule has 0 rings (SSSR count). The lowest BCUT2D eigenvalue weighted by molar-refractivity contribution is -0.132. The Morgan fingerprint density at radius 3 is 2.46 bits per heavy atom. The molecule has 0 aliphatic carbocycles. The topological polar surface area (TPSA) is 44.8 Å². The van der Waals surface area contributed by atoms with Gasteiger partial charge in [0.1, 0.15) is 6.61 Å². The van der Waals surface area contributed by atoms with Gasteiger partial charge in [0.2, 0.25) is 0 Å². The number of rotatable bonds is 8. The highest BCUT2D eigenvalue weighted by Gasteiger charge is 2.17. The zero-order chi connectivity index (χ0) is 10.2. The summed E-state index contributed by atoms with van der Waals surface area (Å²) in [6.07, 6.45) is 0.824. The summed E-state index contributed by atoms with van der Waals surface area (Å²) >= 11 is 0. The molecule has 0 aliphatic rings. The molecule has 0 saturated heterocycles. The summed E-state index contributed by atoms with van der Waals surface area (Å²) in [5.74, 6) is 0. The Kier molecular flexibility index (Phi) is 6.54. The molecular formula is C9H18O4. The van der Waals surface area contributed by atoms with E-state index in [1.165, 1.54) is 0 Å². The summed E-state index contributed by atoms with van der Waals surface area (Å²) in [6.45, 7) is 5.78. The molecule has 78 valence electrons. The van der Waals surface area contributed by atoms with E-state index in [9.17, 15) is 4.79 Å². The fraction of sp³-hybridized carbons (Fsp3) is 0.889. The van der Waals surface area contributed by atoms with Gasteiger partial charge in [-0.05, 0) is 20.3 Å². The van der Waals surface area contributed by atoms with Crippen LogP contribution in [0.15, 0.2) is 0 Å². The first-order valence-electron chi connectivity index (χ1n) is 4.30. The van der Waals surface area contributed by atoms with Gasteiger partial charge in [-0.3, -0.25) is 4.79 Å². The minimum Gasteiger partial charge on any atom is -0.465 e. The first-order valence-corrected chi connectivity index (χ1v) is 4.30. The summed E-state index contributed by atoms with van der Waals surface area (Å²) in [7, 11) is 1.66. The van der Waals surface area contributed by atoms with Crippen LogP contribution in [0.4, 0.5) is 0 Å². The predicted octanol–water partition coefficient (Wildman–Crippen LogP) is 0.991. The first kappa shape index (κ1) is 12.4. The van der Waals surface area contributed by atoms with Crippen molar-refractivity contribution >= 4 is 6.47 Å². The lowest BCUT2D eigenvalue weighted by Gasteiger charge is -2.24. The largest absolute Gasteiger partial charge is 0.465 e. The summed E-state index contributed by atoms with van der Waals surface area (Å²) < 4.78 is 14.9. The molecule has 0 amide bonds. The predicted molar refractivity (Wildman–Crippen MR) is 48.5 cm³/mol. The highest BCUT2D eigenvalue weighted by Crippen LogP contribution is 2.13. The van der Waals surface area contributed by atoms with Gasteiger partial charge < -0.3 is 14.2 Å². The molecule has 0 radical (unpaired) electrons. The van der Waals surface area contributed by atoms with Crippen molar-refractivity contribution in [2.75, 3.05) is 26.9 Å². The van der Waals surface area contributed by atoms with Gasteiger partial charge in [0.05, 0.1) is 12.2 Å². The maximum Gasteiger partial charge on any atom is 0.293 e. The van der Waals surface area contributed by atoms with Crippen LogP contribution in [0.5, 0.6) is 0 Å². The molecule has 0 unspecified atom stereocenters. The molecule has 0 bridgehead atoms. The fourth-order valence-electron chi connectivity index (χ4n) is 0.834. The molecule has 0 atom stereocenters. The van der Waals surface area contributed by atoms with Crippen molar-refractivity contribution < 1.29 is 19.0 Å². The van der Waals surface area contributed by atoms with Crippen LogP contribution in [0.25, 0.3) is 0 Å².